The summed E-state index contributed by atoms with van der Waals surface area (Å²) in [5.41, 5.74) is 1.09. The van der Waals surface area contributed by atoms with Crippen LogP contribution in [0.5, 0.6) is 0 Å². The lowest BCUT2D eigenvalue weighted by atomic mass is 10.1. The number of halogens is 1. The van der Waals surface area contributed by atoms with Gasteiger partial charge in [0.05, 0.1) is 11.6 Å². The summed E-state index contributed by atoms with van der Waals surface area (Å²) < 4.78 is 5.61. The van der Waals surface area contributed by atoms with Crippen LogP contribution < -0.4 is 0 Å². The Kier molecular flexibility index (Phi) is 4.54. The molecule has 0 amide bonds. The SMILES string of the molecule is C=C(CC)OC(CCl)c1ccccc1. The molecule has 0 fully saturated rings. The predicted molar refractivity (Wildman–Crippen MR) is 60.4 cm³/mol. The summed E-state index contributed by atoms with van der Waals surface area (Å²) in [6.07, 6.45) is 0.741. The Morgan fingerprint density at radius 2 is 2.07 bits per heavy atom. The molecule has 0 aliphatic heterocycles. The summed E-state index contributed by atoms with van der Waals surface area (Å²) in [7, 11) is 0. The zero-order chi connectivity index (χ0) is 10.4. The first-order chi connectivity index (χ1) is 6.77. The van der Waals surface area contributed by atoms with Gasteiger partial charge in [-0.3, -0.25) is 0 Å². The Balaban J connectivity index is 2.68. The van der Waals surface area contributed by atoms with E-state index in [0.29, 0.717) is 5.88 Å². The van der Waals surface area contributed by atoms with Gasteiger partial charge in [-0.1, -0.05) is 43.8 Å². The van der Waals surface area contributed by atoms with E-state index < -0.39 is 0 Å². The zero-order valence-corrected chi connectivity index (χ0v) is 9.13. The lowest BCUT2D eigenvalue weighted by Crippen LogP contribution is -2.04. The lowest BCUT2D eigenvalue weighted by Gasteiger charge is -2.17. The fourth-order valence-corrected chi connectivity index (χ4v) is 1.38. The van der Waals surface area contributed by atoms with Crippen molar-refractivity contribution in [3.63, 3.8) is 0 Å². The lowest BCUT2D eigenvalue weighted by molar-refractivity contribution is 0.131. The van der Waals surface area contributed by atoms with Crippen LogP contribution in [0.3, 0.4) is 0 Å². The van der Waals surface area contributed by atoms with Crippen molar-refractivity contribution in [1.82, 2.24) is 0 Å². The molecule has 1 nitrogen and oxygen atoms in total. The van der Waals surface area contributed by atoms with Gasteiger partial charge in [0.15, 0.2) is 0 Å². The molecule has 1 aromatic carbocycles. The molecule has 1 aromatic rings. The highest BCUT2D eigenvalue weighted by molar-refractivity contribution is 6.18. The quantitative estimate of drug-likeness (QED) is 0.529. The minimum absolute atomic E-state index is 0.0784. The third-order valence-electron chi connectivity index (χ3n) is 2.01. The molecule has 0 bridgehead atoms. The van der Waals surface area contributed by atoms with Gasteiger partial charge in [0.25, 0.3) is 0 Å². The standard InChI is InChI=1S/C12H15ClO/c1-3-10(2)14-12(9-13)11-7-5-4-6-8-11/h4-8,12H,2-3,9H2,1H3. The van der Waals surface area contributed by atoms with Gasteiger partial charge in [-0.15, -0.1) is 11.6 Å². The van der Waals surface area contributed by atoms with E-state index in [9.17, 15) is 0 Å². The van der Waals surface area contributed by atoms with Gasteiger partial charge in [-0.05, 0) is 5.56 Å². The smallest absolute Gasteiger partial charge is 0.137 e. The highest BCUT2D eigenvalue weighted by atomic mass is 35.5. The molecule has 0 saturated carbocycles. The molecular formula is C12H15ClO. The van der Waals surface area contributed by atoms with Crippen molar-refractivity contribution in [3.8, 4) is 0 Å². The van der Waals surface area contributed by atoms with Crippen molar-refractivity contribution in [1.29, 1.82) is 0 Å². The van der Waals surface area contributed by atoms with E-state index in [4.69, 9.17) is 16.3 Å². The monoisotopic (exact) mass is 210 g/mol. The van der Waals surface area contributed by atoms with Crippen LogP contribution in [0.1, 0.15) is 25.0 Å². The molecule has 0 aliphatic carbocycles. The third kappa shape index (κ3) is 3.08. The van der Waals surface area contributed by atoms with Crippen molar-refractivity contribution in [3.05, 3.63) is 48.2 Å². The van der Waals surface area contributed by atoms with E-state index in [1.807, 2.05) is 37.3 Å². The molecule has 0 aliphatic rings. The molecule has 0 heterocycles. The molecule has 0 saturated heterocycles. The van der Waals surface area contributed by atoms with Crippen LogP contribution in [0.4, 0.5) is 0 Å². The molecule has 1 unspecified atom stereocenters. The van der Waals surface area contributed by atoms with E-state index in [2.05, 4.69) is 6.58 Å². The first kappa shape index (κ1) is 11.1. The molecule has 14 heavy (non-hydrogen) atoms. The predicted octanol–water partition coefficient (Wildman–Crippen LogP) is 3.91. The van der Waals surface area contributed by atoms with Crippen LogP contribution in [-0.2, 0) is 4.74 Å². The molecule has 0 spiro atoms. The highest BCUT2D eigenvalue weighted by Gasteiger charge is 2.11. The molecular weight excluding hydrogens is 196 g/mol. The second-order valence-electron chi connectivity index (χ2n) is 3.06. The summed E-state index contributed by atoms with van der Waals surface area (Å²) in [4.78, 5) is 0. The highest BCUT2D eigenvalue weighted by Crippen LogP contribution is 2.22. The number of hydrogen-bond acceptors (Lipinski definition) is 1. The first-order valence-electron chi connectivity index (χ1n) is 4.73. The third-order valence-corrected chi connectivity index (χ3v) is 2.30. The second-order valence-corrected chi connectivity index (χ2v) is 3.37. The molecule has 0 N–H and O–H groups in total. The Morgan fingerprint density at radius 3 is 2.57 bits per heavy atom. The van der Waals surface area contributed by atoms with E-state index in [0.717, 1.165) is 17.7 Å². The van der Waals surface area contributed by atoms with Gasteiger partial charge in [0.1, 0.15) is 6.10 Å². The van der Waals surface area contributed by atoms with Crippen LogP contribution in [0.25, 0.3) is 0 Å². The number of hydrogen-bond donors (Lipinski definition) is 0. The minimum Gasteiger partial charge on any atom is -0.489 e. The van der Waals surface area contributed by atoms with Gasteiger partial charge in [-0.25, -0.2) is 0 Å². The molecule has 1 atom stereocenters. The van der Waals surface area contributed by atoms with Crippen LogP contribution in [0.15, 0.2) is 42.7 Å². The Labute approximate surface area is 90.3 Å². The summed E-state index contributed by atoms with van der Waals surface area (Å²) in [6, 6.07) is 9.95. The molecule has 0 radical (unpaired) electrons. The van der Waals surface area contributed by atoms with Crippen LogP contribution in [-0.4, -0.2) is 5.88 Å². The maximum absolute atomic E-state index is 5.84. The average molecular weight is 211 g/mol. The summed E-state index contributed by atoms with van der Waals surface area (Å²) in [5, 5.41) is 0. The number of benzene rings is 1. The first-order valence-corrected chi connectivity index (χ1v) is 5.26. The van der Waals surface area contributed by atoms with Crippen LogP contribution in [0, 0.1) is 0 Å². The van der Waals surface area contributed by atoms with E-state index in [1.165, 1.54) is 0 Å². The maximum atomic E-state index is 5.84. The molecule has 1 rings (SSSR count). The summed E-state index contributed by atoms with van der Waals surface area (Å²) in [5.74, 6) is 1.22. The Morgan fingerprint density at radius 1 is 1.43 bits per heavy atom. The Hall–Kier alpha value is -0.950. The average Bonchev–Trinajstić information content (AvgIpc) is 2.26. The molecule has 2 heteroatoms. The van der Waals surface area contributed by atoms with Gasteiger partial charge in [0.2, 0.25) is 0 Å². The van der Waals surface area contributed by atoms with Crippen LogP contribution >= 0.6 is 11.6 Å². The van der Waals surface area contributed by atoms with Crippen molar-refractivity contribution in [2.24, 2.45) is 0 Å². The second kappa shape index (κ2) is 5.71. The van der Waals surface area contributed by atoms with Crippen molar-refractivity contribution < 1.29 is 4.74 Å². The van der Waals surface area contributed by atoms with Crippen molar-refractivity contribution in [2.45, 2.75) is 19.4 Å². The van der Waals surface area contributed by atoms with E-state index in [-0.39, 0.29) is 6.10 Å². The maximum Gasteiger partial charge on any atom is 0.137 e. The largest absolute Gasteiger partial charge is 0.489 e. The van der Waals surface area contributed by atoms with Gasteiger partial charge in [0, 0.05) is 6.42 Å². The van der Waals surface area contributed by atoms with Crippen molar-refractivity contribution in [2.75, 3.05) is 5.88 Å². The Bertz CT molecular complexity index is 282. The zero-order valence-electron chi connectivity index (χ0n) is 8.37. The van der Waals surface area contributed by atoms with Crippen molar-refractivity contribution >= 4 is 11.6 Å². The van der Waals surface area contributed by atoms with E-state index >= 15 is 0 Å². The number of rotatable bonds is 5. The van der Waals surface area contributed by atoms with E-state index in [1.54, 1.807) is 0 Å². The fourth-order valence-electron chi connectivity index (χ4n) is 1.14. The number of allylic oxidation sites excluding steroid dienone is 1. The minimum atomic E-state index is -0.0784. The number of ether oxygens (including phenoxy) is 1. The number of alkyl halides is 1. The van der Waals surface area contributed by atoms with Gasteiger partial charge >= 0.3 is 0 Å². The molecule has 76 valence electrons. The van der Waals surface area contributed by atoms with Gasteiger partial charge in [-0.2, -0.15) is 0 Å². The summed E-state index contributed by atoms with van der Waals surface area (Å²) in [6.45, 7) is 5.82. The summed E-state index contributed by atoms with van der Waals surface area (Å²) >= 11 is 5.84. The fraction of sp³-hybridized carbons (Fsp3) is 0.333. The van der Waals surface area contributed by atoms with Gasteiger partial charge < -0.3 is 4.74 Å². The molecule has 0 aromatic heterocycles. The topological polar surface area (TPSA) is 9.23 Å². The normalized spacial score (nSPS) is 12.1. The van der Waals surface area contributed by atoms with Crippen LogP contribution in [0.2, 0.25) is 0 Å².